The van der Waals surface area contributed by atoms with Crippen LogP contribution in [0, 0.1) is 27.7 Å². The first-order valence-corrected chi connectivity index (χ1v) is 6.55. The van der Waals surface area contributed by atoms with Crippen LogP contribution in [0.4, 0.5) is 0 Å². The van der Waals surface area contributed by atoms with Crippen LogP contribution in [0.25, 0.3) is 11.3 Å². The van der Waals surface area contributed by atoms with Crippen molar-refractivity contribution in [1.29, 1.82) is 0 Å². The number of nitrogens with zero attached hydrogens (tertiary/aromatic N) is 1. The molecule has 0 aliphatic carbocycles. The van der Waals surface area contributed by atoms with Gasteiger partial charge in [-0.05, 0) is 67.5 Å². The number of aromatic nitrogens is 1. The molecule has 0 aliphatic heterocycles. The zero-order valence-electron chi connectivity index (χ0n) is 10.8. The van der Waals surface area contributed by atoms with Crippen LogP contribution in [-0.2, 0) is 6.54 Å². The van der Waals surface area contributed by atoms with Crippen LogP contribution in [0.1, 0.15) is 27.1 Å². The Kier molecular flexibility index (Phi) is 3.31. The van der Waals surface area contributed by atoms with Gasteiger partial charge in [0, 0.05) is 17.0 Å². The summed E-state index contributed by atoms with van der Waals surface area (Å²) in [5.74, 6) is 0. The first-order valence-electron chi connectivity index (χ1n) is 5.78. The van der Waals surface area contributed by atoms with Crippen LogP contribution in [0.2, 0.25) is 0 Å². The van der Waals surface area contributed by atoms with E-state index in [-0.39, 0.29) is 0 Å². The maximum atomic E-state index is 5.65. The van der Waals surface area contributed by atoms with E-state index in [0.717, 1.165) is 10.6 Å². The molecule has 3 heteroatoms. The molecule has 2 N–H and O–H groups in total. The van der Waals surface area contributed by atoms with Gasteiger partial charge in [0.15, 0.2) is 0 Å². The molecule has 0 amide bonds. The van der Waals surface area contributed by atoms with Gasteiger partial charge in [-0.2, -0.15) is 4.37 Å². The maximum absolute atomic E-state index is 5.65. The summed E-state index contributed by atoms with van der Waals surface area (Å²) in [6.07, 6.45) is 0. The molecular weight excluding hydrogens is 228 g/mol. The van der Waals surface area contributed by atoms with Crippen molar-refractivity contribution >= 4 is 11.5 Å². The molecule has 0 bridgehead atoms. The Bertz CT molecular complexity index is 529. The van der Waals surface area contributed by atoms with Gasteiger partial charge in [0.05, 0.1) is 5.69 Å². The normalized spacial score (nSPS) is 10.9. The van der Waals surface area contributed by atoms with Crippen molar-refractivity contribution < 1.29 is 0 Å². The molecule has 0 atom stereocenters. The van der Waals surface area contributed by atoms with Crippen molar-refractivity contribution in [3.05, 3.63) is 39.3 Å². The number of benzene rings is 1. The number of nitrogens with two attached hydrogens (primary N) is 1. The summed E-state index contributed by atoms with van der Waals surface area (Å²) in [6.45, 7) is 9.21. The van der Waals surface area contributed by atoms with Gasteiger partial charge in [0.1, 0.15) is 0 Å². The molecule has 1 aromatic heterocycles. The molecule has 1 aromatic carbocycles. The predicted octanol–water partition coefficient (Wildman–Crippen LogP) is 3.50. The van der Waals surface area contributed by atoms with Crippen LogP contribution in [0.3, 0.4) is 0 Å². The summed E-state index contributed by atoms with van der Waals surface area (Å²) >= 11 is 1.50. The van der Waals surface area contributed by atoms with Crippen molar-refractivity contribution in [2.45, 2.75) is 34.2 Å². The van der Waals surface area contributed by atoms with E-state index < -0.39 is 0 Å². The smallest absolute Gasteiger partial charge is 0.0849 e. The minimum atomic E-state index is 0.570. The molecule has 0 unspecified atom stereocenters. The van der Waals surface area contributed by atoms with E-state index in [9.17, 15) is 0 Å². The molecule has 2 nitrogen and oxygen atoms in total. The summed E-state index contributed by atoms with van der Waals surface area (Å²) < 4.78 is 4.52. The SMILES string of the molecule is Cc1cc(C)c(C)c(-c2cc(CN)sn2)c1C. The third-order valence-corrected chi connectivity index (χ3v) is 4.19. The Labute approximate surface area is 107 Å². The van der Waals surface area contributed by atoms with Gasteiger partial charge < -0.3 is 5.73 Å². The van der Waals surface area contributed by atoms with Crippen LogP contribution < -0.4 is 5.73 Å². The van der Waals surface area contributed by atoms with Crippen molar-refractivity contribution in [2.75, 3.05) is 0 Å². The Morgan fingerprint density at radius 1 is 1.06 bits per heavy atom. The molecular formula is C14H18N2S. The van der Waals surface area contributed by atoms with Crippen molar-refractivity contribution in [1.82, 2.24) is 4.37 Å². The third-order valence-electron chi connectivity index (χ3n) is 3.38. The summed E-state index contributed by atoms with van der Waals surface area (Å²) in [4.78, 5) is 1.14. The summed E-state index contributed by atoms with van der Waals surface area (Å²) in [6, 6.07) is 4.35. The van der Waals surface area contributed by atoms with Gasteiger partial charge >= 0.3 is 0 Å². The quantitative estimate of drug-likeness (QED) is 0.880. The van der Waals surface area contributed by atoms with E-state index in [1.54, 1.807) is 0 Å². The van der Waals surface area contributed by atoms with Gasteiger partial charge in [-0.1, -0.05) is 6.07 Å². The molecule has 0 saturated heterocycles. The van der Waals surface area contributed by atoms with Crippen molar-refractivity contribution in [3.8, 4) is 11.3 Å². The fourth-order valence-corrected chi connectivity index (χ4v) is 2.73. The molecule has 0 fully saturated rings. The highest BCUT2D eigenvalue weighted by atomic mass is 32.1. The minimum absolute atomic E-state index is 0.570. The first-order chi connectivity index (χ1) is 8.04. The van der Waals surface area contributed by atoms with E-state index >= 15 is 0 Å². The molecule has 0 spiro atoms. The second-order valence-electron chi connectivity index (χ2n) is 4.52. The van der Waals surface area contributed by atoms with Gasteiger partial charge in [-0.3, -0.25) is 0 Å². The fourth-order valence-electron chi connectivity index (χ4n) is 2.13. The summed E-state index contributed by atoms with van der Waals surface area (Å²) in [7, 11) is 0. The average molecular weight is 246 g/mol. The topological polar surface area (TPSA) is 38.9 Å². The Morgan fingerprint density at radius 2 is 1.65 bits per heavy atom. The van der Waals surface area contributed by atoms with E-state index in [0.29, 0.717) is 6.54 Å². The highest BCUT2D eigenvalue weighted by Gasteiger charge is 2.13. The fraction of sp³-hybridized carbons (Fsp3) is 0.357. The van der Waals surface area contributed by atoms with Gasteiger partial charge in [0.25, 0.3) is 0 Å². The van der Waals surface area contributed by atoms with E-state index in [1.165, 1.54) is 39.3 Å². The molecule has 0 radical (unpaired) electrons. The zero-order chi connectivity index (χ0) is 12.6. The number of rotatable bonds is 2. The molecule has 17 heavy (non-hydrogen) atoms. The first kappa shape index (κ1) is 12.3. The lowest BCUT2D eigenvalue weighted by molar-refractivity contribution is 1.11. The maximum Gasteiger partial charge on any atom is 0.0849 e. The van der Waals surface area contributed by atoms with Crippen molar-refractivity contribution in [3.63, 3.8) is 0 Å². The molecule has 1 heterocycles. The molecule has 0 aliphatic rings. The highest BCUT2D eigenvalue weighted by molar-refractivity contribution is 7.06. The van der Waals surface area contributed by atoms with Crippen LogP contribution in [0.15, 0.2) is 12.1 Å². The van der Waals surface area contributed by atoms with Crippen LogP contribution in [0.5, 0.6) is 0 Å². The molecule has 90 valence electrons. The van der Waals surface area contributed by atoms with Crippen LogP contribution >= 0.6 is 11.5 Å². The number of hydrogen-bond donors (Lipinski definition) is 1. The Hall–Kier alpha value is -1.19. The van der Waals surface area contributed by atoms with E-state index in [2.05, 4.69) is 44.2 Å². The lowest BCUT2D eigenvalue weighted by Gasteiger charge is -2.13. The number of aryl methyl sites for hydroxylation is 2. The van der Waals surface area contributed by atoms with E-state index in [4.69, 9.17) is 5.73 Å². The highest BCUT2D eigenvalue weighted by Crippen LogP contribution is 2.32. The second-order valence-corrected chi connectivity index (χ2v) is 5.41. The monoisotopic (exact) mass is 246 g/mol. The second kappa shape index (κ2) is 4.59. The minimum Gasteiger partial charge on any atom is -0.326 e. The van der Waals surface area contributed by atoms with Gasteiger partial charge in [-0.15, -0.1) is 0 Å². The van der Waals surface area contributed by atoms with Gasteiger partial charge in [0.2, 0.25) is 0 Å². The van der Waals surface area contributed by atoms with E-state index in [1.807, 2.05) is 0 Å². The summed E-state index contributed by atoms with van der Waals surface area (Å²) in [5, 5.41) is 0. The molecule has 0 saturated carbocycles. The molecule has 2 rings (SSSR count). The average Bonchev–Trinajstić information content (AvgIpc) is 2.75. The largest absolute Gasteiger partial charge is 0.326 e. The standard InChI is InChI=1S/C14H18N2S/c1-8-5-9(2)11(4)14(10(8)3)13-6-12(7-15)17-16-13/h5-6H,7,15H2,1-4H3. The molecule has 2 aromatic rings. The zero-order valence-corrected chi connectivity index (χ0v) is 11.6. The lowest BCUT2D eigenvalue weighted by atomic mass is 9.92. The Morgan fingerprint density at radius 3 is 2.12 bits per heavy atom. The van der Waals surface area contributed by atoms with Gasteiger partial charge in [-0.25, -0.2) is 0 Å². The van der Waals surface area contributed by atoms with Crippen LogP contribution in [-0.4, -0.2) is 4.37 Å². The third kappa shape index (κ3) is 2.13. The van der Waals surface area contributed by atoms with Crippen molar-refractivity contribution in [2.24, 2.45) is 5.73 Å². The number of hydrogen-bond acceptors (Lipinski definition) is 3. The Balaban J connectivity index is 2.65. The lowest BCUT2D eigenvalue weighted by Crippen LogP contribution is -1.95. The summed E-state index contributed by atoms with van der Waals surface area (Å²) in [5.41, 5.74) is 13.3. The predicted molar refractivity (Wildman–Crippen MR) is 74.4 cm³/mol.